The van der Waals surface area contributed by atoms with Gasteiger partial charge >= 0.3 is 11.9 Å². The Labute approximate surface area is 306 Å². The van der Waals surface area contributed by atoms with Crippen LogP contribution in [0.4, 0.5) is 0 Å². The second-order valence-corrected chi connectivity index (χ2v) is 15.1. The minimum absolute atomic E-state index is 0.159. The van der Waals surface area contributed by atoms with Crippen molar-refractivity contribution in [3.05, 3.63) is 138 Å². The Balaban J connectivity index is 1.19. The van der Waals surface area contributed by atoms with E-state index in [0.717, 1.165) is 11.3 Å². The van der Waals surface area contributed by atoms with Gasteiger partial charge in [-0.25, -0.2) is 9.59 Å². The Morgan fingerprint density at radius 2 is 1.19 bits per heavy atom. The van der Waals surface area contributed by atoms with Crippen LogP contribution in [0.25, 0.3) is 0 Å². The van der Waals surface area contributed by atoms with E-state index in [9.17, 15) is 9.59 Å². The van der Waals surface area contributed by atoms with Gasteiger partial charge in [0.1, 0.15) is 28.5 Å². The molecule has 4 unspecified atom stereocenters. The Morgan fingerprint density at radius 3 is 1.73 bits per heavy atom. The first-order valence-electron chi connectivity index (χ1n) is 17.7. The summed E-state index contributed by atoms with van der Waals surface area (Å²) < 4.78 is 23.3. The van der Waals surface area contributed by atoms with Gasteiger partial charge in [-0.1, -0.05) is 54.7 Å². The summed E-state index contributed by atoms with van der Waals surface area (Å²) in [4.78, 5) is 26.1. The number of hydrogen-bond donors (Lipinski definition) is 0. The van der Waals surface area contributed by atoms with Crippen molar-refractivity contribution in [2.24, 2.45) is 33.9 Å². The van der Waals surface area contributed by atoms with Crippen LogP contribution in [0, 0.1) is 23.7 Å². The van der Waals surface area contributed by atoms with Crippen molar-refractivity contribution in [1.29, 1.82) is 0 Å². The lowest BCUT2D eigenvalue weighted by Gasteiger charge is -2.21. The topological polar surface area (TPSA) is 95.8 Å². The first kappa shape index (κ1) is 36.3. The van der Waals surface area contributed by atoms with Gasteiger partial charge < -0.3 is 18.9 Å². The van der Waals surface area contributed by atoms with Gasteiger partial charge in [0, 0.05) is 23.8 Å². The summed E-state index contributed by atoms with van der Waals surface area (Å²) >= 11 is 0. The van der Waals surface area contributed by atoms with Crippen LogP contribution in [0.3, 0.4) is 0 Å². The first-order chi connectivity index (χ1) is 24.8. The number of hydrogen-bond acceptors (Lipinski definition) is 8. The van der Waals surface area contributed by atoms with Crippen molar-refractivity contribution in [2.75, 3.05) is 6.61 Å². The van der Waals surface area contributed by atoms with Crippen molar-refractivity contribution in [3.63, 3.8) is 0 Å². The number of carbonyl (C=O) groups excluding carboxylic acids is 2. The summed E-state index contributed by atoms with van der Waals surface area (Å²) in [6.07, 6.45) is 19.3. The largest absolute Gasteiger partial charge is 0.488 e. The van der Waals surface area contributed by atoms with Crippen molar-refractivity contribution < 1.29 is 28.5 Å². The maximum absolute atomic E-state index is 13.3. The van der Waals surface area contributed by atoms with Crippen molar-refractivity contribution >= 4 is 23.9 Å². The maximum atomic E-state index is 13.3. The summed E-state index contributed by atoms with van der Waals surface area (Å²) in [6.45, 7) is 12.0. The molecule has 0 N–H and O–H groups in total. The van der Waals surface area contributed by atoms with Crippen LogP contribution in [0.5, 0.6) is 17.2 Å². The molecule has 1 fully saturated rings. The predicted molar refractivity (Wildman–Crippen MR) is 205 cm³/mol. The monoisotopic (exact) mass is 698 g/mol. The van der Waals surface area contributed by atoms with Crippen LogP contribution in [0.1, 0.15) is 73.4 Å². The van der Waals surface area contributed by atoms with Crippen molar-refractivity contribution in [3.8, 4) is 17.2 Å². The molecule has 0 bridgehead atoms. The van der Waals surface area contributed by atoms with Crippen molar-refractivity contribution in [1.82, 2.24) is 0 Å². The molecule has 0 amide bonds. The summed E-state index contributed by atoms with van der Waals surface area (Å²) in [7, 11) is 0. The zero-order valence-electron chi connectivity index (χ0n) is 30.6. The lowest BCUT2D eigenvalue weighted by atomic mass is 9.83. The molecule has 3 aliphatic carbocycles. The highest BCUT2D eigenvalue weighted by atomic mass is 16.5. The van der Waals surface area contributed by atoms with Gasteiger partial charge in [0.25, 0.3) is 0 Å². The second-order valence-electron chi connectivity index (χ2n) is 15.1. The Morgan fingerprint density at radius 1 is 0.673 bits per heavy atom. The number of allylic oxidation sites excluding steroid dienone is 8. The standard InChI is InChI=1S/C44H46N2O6/c1-43(2,3)51-33-20-16-30(17-21-33)41(47)49-26-25-29-15-24-39(50-42(48)31-18-22-34(23-19-31)52-44(4,5)6)32(27-29)28-45-46-40-37-13-9-7-11-35(37)36-12-8-10-14-38(36)40/h7-24,27-28,35-38H,25-26H2,1-6H3/b45-28+,46-40?. The van der Waals surface area contributed by atoms with E-state index >= 15 is 0 Å². The van der Waals surface area contributed by atoms with Crippen LogP contribution in [-0.2, 0) is 11.2 Å². The lowest BCUT2D eigenvalue weighted by molar-refractivity contribution is 0.0508. The van der Waals surface area contributed by atoms with Crippen LogP contribution in [0.15, 0.2) is 126 Å². The molecule has 3 aromatic rings. The predicted octanol–water partition coefficient (Wildman–Crippen LogP) is 9.17. The Bertz CT molecular complexity index is 1920. The van der Waals surface area contributed by atoms with E-state index < -0.39 is 11.9 Å². The van der Waals surface area contributed by atoms with Gasteiger partial charge in [-0.2, -0.15) is 10.2 Å². The number of rotatable bonds is 10. The molecule has 0 aliphatic heterocycles. The molecule has 1 saturated carbocycles. The normalized spacial score (nSPS) is 20.4. The van der Waals surface area contributed by atoms with Gasteiger partial charge in [-0.05, 0) is 120 Å². The minimum Gasteiger partial charge on any atom is -0.488 e. The molecular formula is C44H46N2O6. The third kappa shape index (κ3) is 9.23. The summed E-state index contributed by atoms with van der Waals surface area (Å²) in [6, 6.07) is 19.3. The van der Waals surface area contributed by atoms with E-state index in [1.165, 1.54) is 0 Å². The summed E-state index contributed by atoms with van der Waals surface area (Å²) in [5.41, 5.74) is 2.59. The molecule has 8 heteroatoms. The number of nitrogens with zero attached hydrogens (tertiary/aromatic N) is 2. The van der Waals surface area contributed by atoms with Crippen LogP contribution >= 0.6 is 0 Å². The molecule has 3 aromatic carbocycles. The van der Waals surface area contributed by atoms with E-state index in [2.05, 4.69) is 53.7 Å². The summed E-state index contributed by atoms with van der Waals surface area (Å²) in [5, 5.41) is 9.32. The fourth-order valence-corrected chi connectivity index (χ4v) is 6.57. The molecule has 0 spiro atoms. The Hall–Kier alpha value is -5.50. The quantitative estimate of drug-likeness (QED) is 0.0907. The van der Waals surface area contributed by atoms with Gasteiger partial charge in [0.15, 0.2) is 0 Å². The number of ether oxygens (including phenoxy) is 4. The molecule has 268 valence electrons. The third-order valence-corrected chi connectivity index (χ3v) is 8.78. The molecule has 52 heavy (non-hydrogen) atoms. The van der Waals surface area contributed by atoms with Gasteiger partial charge in [0.2, 0.25) is 0 Å². The van der Waals surface area contributed by atoms with Gasteiger partial charge in [-0.15, -0.1) is 0 Å². The average molecular weight is 699 g/mol. The molecule has 0 heterocycles. The zero-order chi connectivity index (χ0) is 36.9. The van der Waals surface area contributed by atoms with Gasteiger partial charge in [-0.3, -0.25) is 0 Å². The number of benzene rings is 3. The van der Waals surface area contributed by atoms with Crippen LogP contribution in [0.2, 0.25) is 0 Å². The lowest BCUT2D eigenvalue weighted by Crippen LogP contribution is -2.23. The Kier molecular flexibility index (Phi) is 10.7. The summed E-state index contributed by atoms with van der Waals surface area (Å²) in [5.74, 6) is 1.75. The fourth-order valence-electron chi connectivity index (χ4n) is 6.57. The molecule has 3 aliphatic rings. The van der Waals surface area contributed by atoms with E-state index in [4.69, 9.17) is 24.0 Å². The van der Waals surface area contributed by atoms with E-state index in [1.807, 2.05) is 53.7 Å². The molecule has 8 nitrogen and oxygen atoms in total. The second kappa shape index (κ2) is 15.4. The highest BCUT2D eigenvalue weighted by Gasteiger charge is 2.44. The molecule has 0 aromatic heterocycles. The molecule has 0 radical (unpaired) electrons. The zero-order valence-corrected chi connectivity index (χ0v) is 30.6. The maximum Gasteiger partial charge on any atom is 0.343 e. The van der Waals surface area contributed by atoms with Gasteiger partial charge in [0.05, 0.1) is 29.7 Å². The smallest absolute Gasteiger partial charge is 0.343 e. The molecule has 0 saturated heterocycles. The number of fused-ring (bicyclic) bond motifs is 3. The average Bonchev–Trinajstić information content (AvgIpc) is 3.42. The first-order valence-corrected chi connectivity index (χ1v) is 17.7. The number of esters is 2. The van der Waals surface area contributed by atoms with E-state index in [-0.39, 0.29) is 29.6 Å². The molecule has 4 atom stereocenters. The van der Waals surface area contributed by atoms with Crippen LogP contribution < -0.4 is 14.2 Å². The SMILES string of the molecule is CC(C)(C)Oc1ccc(C(=O)OCCc2ccc(OC(=O)c3ccc(OC(C)(C)C)cc3)c(/C=N/N=C3C4C=CC=CC4C4C=CC=CC34)c2)cc1. The van der Waals surface area contributed by atoms with Crippen molar-refractivity contribution in [2.45, 2.75) is 59.2 Å². The molecular weight excluding hydrogens is 652 g/mol. The van der Waals surface area contributed by atoms with Crippen LogP contribution in [-0.4, -0.2) is 41.7 Å². The van der Waals surface area contributed by atoms with E-state index in [1.54, 1.807) is 60.8 Å². The fraction of sp³-hybridized carbons (Fsp3) is 0.318. The molecule has 6 rings (SSSR count). The third-order valence-electron chi connectivity index (χ3n) is 8.78. The number of carbonyl (C=O) groups is 2. The minimum atomic E-state index is -0.511. The highest BCUT2D eigenvalue weighted by Crippen LogP contribution is 2.45. The van der Waals surface area contributed by atoms with E-state index in [0.29, 0.717) is 52.2 Å². The highest BCUT2D eigenvalue weighted by molar-refractivity contribution is 5.97.